The van der Waals surface area contributed by atoms with Crippen molar-refractivity contribution in [3.8, 4) is 0 Å². The van der Waals surface area contributed by atoms with E-state index in [1.807, 2.05) is 0 Å². The molecule has 0 spiro atoms. The standard InChI is InChI=1S/C18H24BrNO/c19-13-18(10-4-1-5-11-18)20-17(21)16-9-8-14-6-2-3-7-15(14)12-16/h2-3,6-7,16H,1,4-5,8-13H2,(H,20,21). The van der Waals surface area contributed by atoms with Crippen LogP contribution in [0, 0.1) is 5.92 Å². The molecule has 0 saturated heterocycles. The molecule has 0 aromatic heterocycles. The van der Waals surface area contributed by atoms with Gasteiger partial charge in [0.1, 0.15) is 0 Å². The average Bonchev–Trinajstić information content (AvgIpc) is 2.55. The zero-order valence-electron chi connectivity index (χ0n) is 12.5. The minimum Gasteiger partial charge on any atom is -0.350 e. The Bertz CT molecular complexity index is 508. The summed E-state index contributed by atoms with van der Waals surface area (Å²) in [6.07, 6.45) is 8.94. The van der Waals surface area contributed by atoms with Gasteiger partial charge >= 0.3 is 0 Å². The van der Waals surface area contributed by atoms with Crippen LogP contribution in [-0.4, -0.2) is 16.8 Å². The second-order valence-electron chi connectivity index (χ2n) is 6.67. The highest BCUT2D eigenvalue weighted by Crippen LogP contribution is 2.31. The van der Waals surface area contributed by atoms with Gasteiger partial charge in [0.05, 0.1) is 0 Å². The molecule has 3 rings (SSSR count). The summed E-state index contributed by atoms with van der Waals surface area (Å²) in [5.41, 5.74) is 2.79. The van der Waals surface area contributed by atoms with Crippen molar-refractivity contribution in [2.45, 2.75) is 56.9 Å². The quantitative estimate of drug-likeness (QED) is 0.820. The number of hydrogen-bond donors (Lipinski definition) is 1. The van der Waals surface area contributed by atoms with E-state index in [0.29, 0.717) is 0 Å². The van der Waals surface area contributed by atoms with E-state index < -0.39 is 0 Å². The van der Waals surface area contributed by atoms with E-state index >= 15 is 0 Å². The van der Waals surface area contributed by atoms with Gasteiger partial charge < -0.3 is 5.32 Å². The lowest BCUT2D eigenvalue weighted by Crippen LogP contribution is -2.53. The van der Waals surface area contributed by atoms with Crippen molar-refractivity contribution in [1.82, 2.24) is 5.32 Å². The van der Waals surface area contributed by atoms with E-state index in [9.17, 15) is 4.79 Å². The molecule has 1 unspecified atom stereocenters. The fraction of sp³-hybridized carbons (Fsp3) is 0.611. The van der Waals surface area contributed by atoms with Crippen LogP contribution in [0.5, 0.6) is 0 Å². The second-order valence-corrected chi connectivity index (χ2v) is 7.23. The Morgan fingerprint density at radius 3 is 2.62 bits per heavy atom. The third kappa shape index (κ3) is 3.33. The Morgan fingerprint density at radius 2 is 1.90 bits per heavy atom. The van der Waals surface area contributed by atoms with Gasteiger partial charge in [-0.3, -0.25) is 4.79 Å². The van der Waals surface area contributed by atoms with E-state index in [1.54, 1.807) is 0 Å². The van der Waals surface area contributed by atoms with Crippen molar-refractivity contribution in [2.75, 3.05) is 5.33 Å². The van der Waals surface area contributed by atoms with Gasteiger partial charge in [0.2, 0.25) is 5.91 Å². The maximum Gasteiger partial charge on any atom is 0.223 e. The molecular weight excluding hydrogens is 326 g/mol. The van der Waals surface area contributed by atoms with Crippen molar-refractivity contribution in [1.29, 1.82) is 0 Å². The SMILES string of the molecule is O=C(NC1(CBr)CCCCC1)C1CCc2ccccc2C1. The summed E-state index contributed by atoms with van der Waals surface area (Å²) < 4.78 is 0. The number of carbonyl (C=O) groups is 1. The van der Waals surface area contributed by atoms with Gasteiger partial charge in [0.15, 0.2) is 0 Å². The zero-order chi connectivity index (χ0) is 14.7. The van der Waals surface area contributed by atoms with Crippen molar-refractivity contribution >= 4 is 21.8 Å². The Balaban J connectivity index is 1.66. The van der Waals surface area contributed by atoms with Crippen LogP contribution in [0.1, 0.15) is 49.7 Å². The largest absolute Gasteiger partial charge is 0.350 e. The predicted molar refractivity (Wildman–Crippen MR) is 89.7 cm³/mol. The van der Waals surface area contributed by atoms with Gasteiger partial charge in [0, 0.05) is 16.8 Å². The summed E-state index contributed by atoms with van der Waals surface area (Å²) in [7, 11) is 0. The number of alkyl halides is 1. The van der Waals surface area contributed by atoms with Crippen molar-refractivity contribution in [3.63, 3.8) is 0 Å². The van der Waals surface area contributed by atoms with Crippen LogP contribution in [0.2, 0.25) is 0 Å². The van der Waals surface area contributed by atoms with E-state index in [0.717, 1.165) is 37.4 Å². The molecule has 0 aliphatic heterocycles. The molecular formula is C18H24BrNO. The van der Waals surface area contributed by atoms with Gasteiger partial charge in [0.25, 0.3) is 0 Å². The number of halogens is 1. The first-order valence-electron chi connectivity index (χ1n) is 8.17. The lowest BCUT2D eigenvalue weighted by Gasteiger charge is -2.38. The smallest absolute Gasteiger partial charge is 0.223 e. The van der Waals surface area contributed by atoms with E-state index in [1.165, 1.54) is 30.4 Å². The maximum atomic E-state index is 12.7. The van der Waals surface area contributed by atoms with Gasteiger partial charge in [-0.2, -0.15) is 0 Å². The molecule has 1 fully saturated rings. The third-order valence-corrected chi connectivity index (χ3v) is 6.25. The van der Waals surface area contributed by atoms with Crippen LogP contribution in [0.25, 0.3) is 0 Å². The number of hydrogen-bond acceptors (Lipinski definition) is 1. The fourth-order valence-electron chi connectivity index (χ4n) is 3.81. The van der Waals surface area contributed by atoms with Gasteiger partial charge in [-0.05, 0) is 43.2 Å². The van der Waals surface area contributed by atoms with Crippen LogP contribution >= 0.6 is 15.9 Å². The Labute approximate surface area is 135 Å². The molecule has 1 amide bonds. The van der Waals surface area contributed by atoms with E-state index in [4.69, 9.17) is 0 Å². The van der Waals surface area contributed by atoms with Gasteiger partial charge in [-0.15, -0.1) is 0 Å². The fourth-order valence-corrected chi connectivity index (χ4v) is 4.51. The molecule has 2 aliphatic rings. The number of fused-ring (bicyclic) bond motifs is 1. The molecule has 114 valence electrons. The number of amides is 1. The number of rotatable bonds is 3. The summed E-state index contributed by atoms with van der Waals surface area (Å²) in [5, 5.41) is 4.28. The molecule has 1 aromatic carbocycles. The summed E-state index contributed by atoms with van der Waals surface area (Å²) in [6.45, 7) is 0. The number of nitrogens with one attached hydrogen (secondary N) is 1. The first-order valence-corrected chi connectivity index (χ1v) is 9.29. The molecule has 0 radical (unpaired) electrons. The molecule has 2 nitrogen and oxygen atoms in total. The average molecular weight is 350 g/mol. The normalized spacial score (nSPS) is 24.1. The first-order chi connectivity index (χ1) is 10.2. The minimum absolute atomic E-state index is 0.00625. The number of carbonyl (C=O) groups excluding carboxylic acids is 1. The van der Waals surface area contributed by atoms with Gasteiger partial charge in [-0.25, -0.2) is 0 Å². The number of aryl methyl sites for hydroxylation is 1. The zero-order valence-corrected chi connectivity index (χ0v) is 14.1. The maximum absolute atomic E-state index is 12.7. The highest BCUT2D eigenvalue weighted by atomic mass is 79.9. The third-order valence-electron chi connectivity index (χ3n) is 5.17. The topological polar surface area (TPSA) is 29.1 Å². The van der Waals surface area contributed by atoms with E-state index in [2.05, 4.69) is 45.5 Å². The molecule has 3 heteroatoms. The number of benzene rings is 1. The summed E-state index contributed by atoms with van der Waals surface area (Å²) in [4.78, 5) is 12.7. The summed E-state index contributed by atoms with van der Waals surface area (Å²) in [6, 6.07) is 8.56. The molecule has 1 saturated carbocycles. The van der Waals surface area contributed by atoms with Crippen molar-refractivity contribution in [3.05, 3.63) is 35.4 Å². The lowest BCUT2D eigenvalue weighted by atomic mass is 9.80. The van der Waals surface area contributed by atoms with Crippen LogP contribution in [0.15, 0.2) is 24.3 Å². The van der Waals surface area contributed by atoms with Crippen molar-refractivity contribution < 1.29 is 4.79 Å². The van der Waals surface area contributed by atoms with Crippen LogP contribution in [0.3, 0.4) is 0 Å². The first kappa shape index (κ1) is 15.1. The molecule has 1 N–H and O–H groups in total. The Morgan fingerprint density at radius 1 is 1.19 bits per heavy atom. The van der Waals surface area contributed by atoms with Crippen LogP contribution in [-0.2, 0) is 17.6 Å². The molecule has 1 atom stereocenters. The summed E-state index contributed by atoms with van der Waals surface area (Å²) in [5.74, 6) is 0.420. The monoisotopic (exact) mass is 349 g/mol. The predicted octanol–water partition coefficient (Wildman–Crippen LogP) is 4.01. The highest BCUT2D eigenvalue weighted by Gasteiger charge is 2.35. The van der Waals surface area contributed by atoms with Crippen LogP contribution < -0.4 is 5.32 Å². The lowest BCUT2D eigenvalue weighted by molar-refractivity contribution is -0.127. The molecule has 1 aromatic rings. The van der Waals surface area contributed by atoms with Gasteiger partial charge in [-0.1, -0.05) is 59.5 Å². The molecule has 0 heterocycles. The van der Waals surface area contributed by atoms with Crippen LogP contribution in [0.4, 0.5) is 0 Å². The molecule has 0 bridgehead atoms. The molecule has 2 aliphatic carbocycles. The second kappa shape index (κ2) is 6.51. The highest BCUT2D eigenvalue weighted by molar-refractivity contribution is 9.09. The Kier molecular flexibility index (Phi) is 4.68. The van der Waals surface area contributed by atoms with Crippen molar-refractivity contribution in [2.24, 2.45) is 5.92 Å². The van der Waals surface area contributed by atoms with E-state index in [-0.39, 0.29) is 17.4 Å². The minimum atomic E-state index is 0.00625. The Hall–Kier alpha value is -0.830. The molecule has 21 heavy (non-hydrogen) atoms. The summed E-state index contributed by atoms with van der Waals surface area (Å²) >= 11 is 3.63.